The summed E-state index contributed by atoms with van der Waals surface area (Å²) in [4.78, 5) is 15.6. The van der Waals surface area contributed by atoms with Gasteiger partial charge in [0, 0.05) is 27.5 Å². The zero-order valence-corrected chi connectivity index (χ0v) is 35.0. The quantitative estimate of drug-likeness (QED) is 0.162. The number of fused-ring (bicyclic) bond motifs is 5. The van der Waals surface area contributed by atoms with Gasteiger partial charge in [-0.3, -0.25) is 0 Å². The second kappa shape index (κ2) is 13.9. The highest BCUT2D eigenvalue weighted by atomic mass is 16.3. The molecule has 2 heterocycles. The molecule has 300 valence electrons. The first-order chi connectivity index (χ1) is 32.2. The Bertz CT molecular complexity index is 4240. The van der Waals surface area contributed by atoms with Crippen LogP contribution in [0, 0.1) is 0 Å². The first-order valence-electron chi connectivity index (χ1n) is 22.1. The second-order valence-corrected chi connectivity index (χ2v) is 17.0. The predicted octanol–water partition coefficient (Wildman–Crippen LogP) is 16.5. The van der Waals surface area contributed by atoms with Gasteiger partial charge in [-0.1, -0.05) is 176 Å². The Hall–Kier alpha value is -8.73. The van der Waals surface area contributed by atoms with Gasteiger partial charge in [0.1, 0.15) is 11.2 Å². The molecule has 4 heteroatoms. The van der Waals surface area contributed by atoms with Gasteiger partial charge in [-0.25, -0.2) is 15.0 Å². The van der Waals surface area contributed by atoms with Crippen LogP contribution in [0.15, 0.2) is 217 Å². The first kappa shape index (κ1) is 35.8. The third-order valence-electron chi connectivity index (χ3n) is 13.4. The van der Waals surface area contributed by atoms with Crippen molar-refractivity contribution in [2.24, 2.45) is 0 Å². The lowest BCUT2D eigenvalue weighted by Crippen LogP contribution is -2.01. The van der Waals surface area contributed by atoms with E-state index in [2.05, 4.69) is 164 Å². The molecule has 0 atom stereocenters. The normalized spacial score (nSPS) is 12.0. The molecule has 0 unspecified atom stereocenters. The van der Waals surface area contributed by atoms with Crippen LogP contribution >= 0.6 is 0 Å². The van der Waals surface area contributed by atoms with Crippen molar-refractivity contribution in [1.82, 2.24) is 15.0 Å². The van der Waals surface area contributed by atoms with Gasteiger partial charge in [-0.05, 0) is 123 Å². The van der Waals surface area contributed by atoms with E-state index in [1.807, 2.05) is 48.5 Å². The number of para-hydroxylation sites is 1. The molecule has 0 N–H and O–H groups in total. The van der Waals surface area contributed by atoms with E-state index in [9.17, 15) is 0 Å². The molecule has 4 nitrogen and oxygen atoms in total. The molecular weight excluding hydrogens is 791 g/mol. The Kier molecular flexibility index (Phi) is 7.65. The van der Waals surface area contributed by atoms with E-state index >= 15 is 0 Å². The van der Waals surface area contributed by atoms with Gasteiger partial charge in [0.25, 0.3) is 0 Å². The summed E-state index contributed by atoms with van der Waals surface area (Å²) in [5.41, 5.74) is 8.85. The van der Waals surface area contributed by atoms with Crippen LogP contribution in [-0.2, 0) is 0 Å². The first-order valence-corrected chi connectivity index (χ1v) is 22.1. The van der Waals surface area contributed by atoms with Crippen molar-refractivity contribution in [2.45, 2.75) is 0 Å². The molecule has 0 radical (unpaired) electrons. The van der Waals surface area contributed by atoms with Gasteiger partial charge in [0.15, 0.2) is 17.5 Å². The highest BCUT2D eigenvalue weighted by Crippen LogP contribution is 2.46. The molecule has 0 amide bonds. The summed E-state index contributed by atoms with van der Waals surface area (Å²) in [6, 6.07) is 76.1. The van der Waals surface area contributed by atoms with E-state index < -0.39 is 0 Å². The molecule has 0 aliphatic rings. The fraction of sp³-hybridized carbons (Fsp3) is 0. The van der Waals surface area contributed by atoms with E-state index in [1.165, 1.54) is 64.6 Å². The highest BCUT2D eigenvalue weighted by Gasteiger charge is 2.21. The lowest BCUT2D eigenvalue weighted by Gasteiger charge is -2.18. The fourth-order valence-corrected chi connectivity index (χ4v) is 10.5. The van der Waals surface area contributed by atoms with Crippen LogP contribution in [0.3, 0.4) is 0 Å². The molecule has 0 aliphatic heterocycles. The van der Waals surface area contributed by atoms with Crippen LogP contribution in [0.5, 0.6) is 0 Å². The van der Waals surface area contributed by atoms with Crippen LogP contribution in [0.1, 0.15) is 0 Å². The van der Waals surface area contributed by atoms with Gasteiger partial charge in [0.2, 0.25) is 0 Å². The molecule has 0 fully saturated rings. The van der Waals surface area contributed by atoms with Crippen LogP contribution in [0.2, 0.25) is 0 Å². The van der Waals surface area contributed by atoms with E-state index in [0.29, 0.717) is 17.5 Å². The third-order valence-corrected chi connectivity index (χ3v) is 13.4. The number of hydrogen-bond donors (Lipinski definition) is 0. The van der Waals surface area contributed by atoms with E-state index in [1.54, 1.807) is 0 Å². The molecule has 0 saturated heterocycles. The number of benzene rings is 11. The number of hydrogen-bond acceptors (Lipinski definition) is 4. The minimum Gasteiger partial charge on any atom is -0.456 e. The third kappa shape index (κ3) is 5.47. The lowest BCUT2D eigenvalue weighted by atomic mass is 9.85. The van der Waals surface area contributed by atoms with Crippen LogP contribution in [0.4, 0.5) is 0 Å². The summed E-state index contributed by atoms with van der Waals surface area (Å²) in [5.74, 6) is 1.82. The average Bonchev–Trinajstić information content (AvgIpc) is 3.75. The molecule has 14 rings (SSSR count). The summed E-state index contributed by atoms with van der Waals surface area (Å²) in [7, 11) is 0. The van der Waals surface area contributed by atoms with Crippen LogP contribution < -0.4 is 0 Å². The summed E-state index contributed by atoms with van der Waals surface area (Å²) in [6.07, 6.45) is 0. The van der Waals surface area contributed by atoms with Crippen LogP contribution in [0.25, 0.3) is 143 Å². The minimum absolute atomic E-state index is 0.599. The largest absolute Gasteiger partial charge is 0.456 e. The Labute approximate surface area is 373 Å². The molecule has 14 aromatic rings. The predicted molar refractivity (Wildman–Crippen MR) is 271 cm³/mol. The SMILES string of the molecule is c1ccc(-c2nc(-c3ccc4oc5ccccc5c4c3)nc(-c3ccccc3-c3ccccc3-c3cc4ccc5cccc6c7cccc8ccc9cccc(c(c3)c4c56)c9c87)n2)cc1. The Balaban J connectivity index is 1.01. The van der Waals surface area contributed by atoms with Gasteiger partial charge >= 0.3 is 0 Å². The Morgan fingerprint density at radius 1 is 0.246 bits per heavy atom. The number of aromatic nitrogens is 3. The summed E-state index contributed by atoms with van der Waals surface area (Å²) in [5, 5.41) is 17.3. The number of nitrogens with zero attached hydrogens (tertiary/aromatic N) is 3. The summed E-state index contributed by atoms with van der Waals surface area (Å²) < 4.78 is 6.20. The van der Waals surface area contributed by atoms with E-state index in [4.69, 9.17) is 19.4 Å². The summed E-state index contributed by atoms with van der Waals surface area (Å²) in [6.45, 7) is 0. The molecular formula is C61H35N3O. The molecule has 0 spiro atoms. The van der Waals surface area contributed by atoms with Crippen molar-refractivity contribution >= 4 is 86.6 Å². The van der Waals surface area contributed by atoms with Crippen molar-refractivity contribution in [3.8, 4) is 56.4 Å². The van der Waals surface area contributed by atoms with Crippen molar-refractivity contribution in [1.29, 1.82) is 0 Å². The molecule has 65 heavy (non-hydrogen) atoms. The topological polar surface area (TPSA) is 51.8 Å². The summed E-state index contributed by atoms with van der Waals surface area (Å²) >= 11 is 0. The average molecular weight is 826 g/mol. The molecule has 0 bridgehead atoms. The number of rotatable bonds is 5. The van der Waals surface area contributed by atoms with E-state index in [0.717, 1.165) is 60.9 Å². The van der Waals surface area contributed by atoms with Crippen molar-refractivity contribution in [3.63, 3.8) is 0 Å². The van der Waals surface area contributed by atoms with Crippen LogP contribution in [-0.4, -0.2) is 15.0 Å². The van der Waals surface area contributed by atoms with Gasteiger partial charge < -0.3 is 4.42 Å². The van der Waals surface area contributed by atoms with Crippen molar-refractivity contribution < 1.29 is 4.42 Å². The molecule has 12 aromatic carbocycles. The zero-order chi connectivity index (χ0) is 42.6. The number of furan rings is 1. The van der Waals surface area contributed by atoms with Gasteiger partial charge in [-0.2, -0.15) is 0 Å². The maximum absolute atomic E-state index is 6.20. The van der Waals surface area contributed by atoms with E-state index in [-0.39, 0.29) is 0 Å². The fourth-order valence-electron chi connectivity index (χ4n) is 10.5. The standard InChI is InChI=1S/C61H35N3O/c1-2-13-39(14-3-1)59-62-60(41-31-32-54-51(34-41)46-21-8-9-26-53(46)65-54)64-61(63-59)50-22-7-6-20-45(50)44-19-5-4-18-43(44)42-33-40-30-29-38-16-11-24-48-47-23-10-15-36-27-28-37-17-12-25-49(57(37)55(36)47)52(35-42)58(40)56(38)48/h1-35H. The Morgan fingerprint density at radius 2 is 0.723 bits per heavy atom. The maximum Gasteiger partial charge on any atom is 0.164 e. The molecule has 2 aromatic heterocycles. The van der Waals surface area contributed by atoms with Gasteiger partial charge in [-0.15, -0.1) is 0 Å². The monoisotopic (exact) mass is 825 g/mol. The highest BCUT2D eigenvalue weighted by molar-refractivity contribution is 6.37. The van der Waals surface area contributed by atoms with Crippen molar-refractivity contribution in [2.75, 3.05) is 0 Å². The zero-order valence-electron chi connectivity index (χ0n) is 35.0. The minimum atomic E-state index is 0.599. The lowest BCUT2D eigenvalue weighted by molar-refractivity contribution is 0.669. The molecule has 0 aliphatic carbocycles. The maximum atomic E-state index is 6.20. The van der Waals surface area contributed by atoms with Crippen molar-refractivity contribution in [3.05, 3.63) is 212 Å². The Morgan fingerprint density at radius 3 is 1.42 bits per heavy atom. The van der Waals surface area contributed by atoms with Gasteiger partial charge in [0.05, 0.1) is 0 Å². The molecule has 0 saturated carbocycles. The smallest absolute Gasteiger partial charge is 0.164 e. The second-order valence-electron chi connectivity index (χ2n) is 17.0.